The van der Waals surface area contributed by atoms with Crippen molar-refractivity contribution in [2.75, 3.05) is 21.3 Å². The minimum atomic E-state index is 0.917. The molecule has 0 atom stereocenters. The molecule has 3 nitrogen and oxygen atoms in total. The van der Waals surface area contributed by atoms with Crippen molar-refractivity contribution in [3.8, 4) is 39.5 Å². The lowest BCUT2D eigenvalue weighted by Crippen LogP contribution is -1.84. The van der Waals surface area contributed by atoms with Crippen molar-refractivity contribution >= 4 is 43.1 Å². The summed E-state index contributed by atoms with van der Waals surface area (Å²) in [6, 6.07) is 155. The number of rotatable bonds is 5. The first-order valence-electron chi connectivity index (χ1n) is 44.3. The highest BCUT2D eigenvalue weighted by Gasteiger charge is 2.03. The number of ether oxygens (including phenoxy) is 3. The molecule has 0 fully saturated rings. The van der Waals surface area contributed by atoms with Crippen LogP contribution in [-0.4, -0.2) is 21.3 Å². The summed E-state index contributed by atoms with van der Waals surface area (Å²) in [7, 11) is 5.03. The topological polar surface area (TPSA) is 27.7 Å². The molecule has 0 saturated heterocycles. The molecule has 19 aromatic carbocycles. The lowest BCUT2D eigenvalue weighted by atomic mass is 9.98. The number of methoxy groups -OCH3 is 3. The molecule has 0 aromatic heterocycles. The van der Waals surface area contributed by atoms with Gasteiger partial charge in [-0.3, -0.25) is 0 Å². The molecule has 0 spiro atoms. The van der Waals surface area contributed by atoms with Gasteiger partial charge in [-0.1, -0.05) is 474 Å². The number of hydrogen-bond acceptors (Lipinski definition) is 3. The van der Waals surface area contributed by atoms with Gasteiger partial charge in [-0.2, -0.15) is 0 Å². The van der Waals surface area contributed by atoms with Crippen LogP contribution in [0.3, 0.4) is 0 Å². The van der Waals surface area contributed by atoms with Crippen molar-refractivity contribution in [1.29, 1.82) is 0 Å². The first-order valence-corrected chi connectivity index (χ1v) is 44.3. The van der Waals surface area contributed by atoms with Crippen LogP contribution in [-0.2, 0) is 0 Å². The molecule has 0 aliphatic carbocycles. The predicted octanol–water partition coefficient (Wildman–Crippen LogP) is 35.1. The highest BCUT2D eigenvalue weighted by Crippen LogP contribution is 2.28. The van der Waals surface area contributed by atoms with Crippen LogP contribution in [0.15, 0.2) is 449 Å². The minimum Gasteiger partial charge on any atom is -0.497 e. The van der Waals surface area contributed by atoms with Gasteiger partial charge in [-0.05, 0) is 253 Å². The molecule has 0 heterocycles. The molecule has 0 saturated carbocycles. The summed E-state index contributed by atoms with van der Waals surface area (Å²) < 4.78 is 15.0. The summed E-state index contributed by atoms with van der Waals surface area (Å²) in [5, 5.41) is 10.7. The molecule has 656 valence electrons. The first-order chi connectivity index (χ1) is 62.4. The first kappa shape index (κ1) is 102. The van der Waals surface area contributed by atoms with Gasteiger partial charge in [-0.25, -0.2) is 0 Å². The third kappa shape index (κ3) is 39.0. The van der Waals surface area contributed by atoms with E-state index in [1.54, 1.807) is 21.3 Å². The van der Waals surface area contributed by atoms with E-state index in [1.807, 2.05) is 117 Å². The SMILES string of the molecule is COc1ccc(C)cc1.COc1cccc(C)c1.COc1ccccc1C.Cc1c2ccccc2cc2ccccc12.Cc1ccc(-c2ccccc2)cc1.Cc1ccc(C)cc1.Cc1ccc(C)cc1.Cc1ccc2ccccc2c1.Cc1cccc(-c2ccccc2)c1.Cc1cccc(C)c1.Cc1cccc2ccccc12.Cc1ccccc1.Cc1ccccc1C. The predicted molar refractivity (Wildman–Crippen MR) is 565 cm³/mol. The van der Waals surface area contributed by atoms with E-state index >= 15 is 0 Å². The van der Waals surface area contributed by atoms with Crippen LogP contribution >= 0.6 is 0 Å². The lowest BCUT2D eigenvalue weighted by molar-refractivity contribution is 0.411. The molecule has 129 heavy (non-hydrogen) atoms. The van der Waals surface area contributed by atoms with Crippen LogP contribution in [0.25, 0.3) is 65.3 Å². The zero-order valence-electron chi connectivity index (χ0n) is 79.9. The minimum absolute atomic E-state index is 0.917. The van der Waals surface area contributed by atoms with Crippen molar-refractivity contribution in [3.05, 3.63) is 543 Å². The second kappa shape index (κ2) is 57.3. The van der Waals surface area contributed by atoms with Gasteiger partial charge in [0.05, 0.1) is 21.3 Å². The molecule has 0 N–H and O–H groups in total. The van der Waals surface area contributed by atoms with Gasteiger partial charge in [0, 0.05) is 0 Å². The molecule has 0 aliphatic rings. The van der Waals surface area contributed by atoms with E-state index in [9.17, 15) is 0 Å². The molecule has 0 amide bonds. The summed E-state index contributed by atoms with van der Waals surface area (Å²) >= 11 is 0. The summed E-state index contributed by atoms with van der Waals surface area (Å²) in [4.78, 5) is 0. The van der Waals surface area contributed by atoms with Crippen LogP contribution in [0, 0.1) is 118 Å². The fourth-order valence-electron chi connectivity index (χ4n) is 13.2. The Morgan fingerprint density at radius 2 is 0.434 bits per heavy atom. The summed E-state index contributed by atoms with van der Waals surface area (Å²) in [5.41, 5.74) is 27.5. The van der Waals surface area contributed by atoms with Crippen molar-refractivity contribution < 1.29 is 14.2 Å². The fraction of sp³-hybridized carbons (Fsp3) is 0.159. The quantitative estimate of drug-likeness (QED) is 0.161. The molecular weight excluding hydrogens is 1560 g/mol. The monoisotopic (exact) mass is 1700 g/mol. The second-order valence-corrected chi connectivity index (χ2v) is 32.3. The van der Waals surface area contributed by atoms with Gasteiger partial charge in [0.1, 0.15) is 17.2 Å². The number of para-hydroxylation sites is 1. The van der Waals surface area contributed by atoms with E-state index in [1.165, 1.54) is 160 Å². The summed E-state index contributed by atoms with van der Waals surface area (Å²) in [5.74, 6) is 2.80. The molecule has 3 heteroatoms. The second-order valence-electron chi connectivity index (χ2n) is 32.3. The zero-order valence-corrected chi connectivity index (χ0v) is 79.9. The van der Waals surface area contributed by atoms with Crippen LogP contribution in [0.4, 0.5) is 0 Å². The number of hydrogen-bond donors (Lipinski definition) is 0. The smallest absolute Gasteiger partial charge is 0.121 e. The number of benzene rings is 19. The molecule has 0 bridgehead atoms. The van der Waals surface area contributed by atoms with Crippen LogP contribution in [0.1, 0.15) is 94.6 Å². The standard InChI is InChI=1S/C15H12.2C13H12.2C11H10.3C8H10O.4C8H10.C7H8/c1-11-14-8-4-2-6-12(14)10-13-7-3-5-9-15(11)13;1-11-6-5-9-13(10-11)12-7-3-2-4-8-12;1-11-7-9-13(10-8-11)12-5-3-2-4-6-12;1-9-5-4-7-10-6-2-3-8-11(9)10;1-9-6-7-10-4-2-3-5-11(10)8-9;1-7-3-5-8(9-2)6-4-7;1-7-4-3-5-8(6-7)9-2;1-7-5-3-4-6-8(7)9-2;2*1-7-3-5-8(2)6-4-7;1-7-4-3-5-8(2)6-7;1-7-5-3-4-6-8(7)2;1-7-5-3-2-4-6-7/h2-10H,1H3;2*2-10H,1H3;2*2-8H,1H3;3*3-6H,1-2H3;4*3-6H,1-2H3;2-6H,1H3. The molecule has 19 aromatic rings. The normalized spacial score (nSPS) is 9.71. The summed E-state index contributed by atoms with van der Waals surface area (Å²) in [6.07, 6.45) is 0. The number of aryl methyl sites for hydroxylation is 17. The maximum absolute atomic E-state index is 5.04. The largest absolute Gasteiger partial charge is 0.497 e. The molecule has 0 aliphatic heterocycles. The molecular formula is C126H134O3. The van der Waals surface area contributed by atoms with E-state index in [4.69, 9.17) is 14.2 Å². The Morgan fingerprint density at radius 3 is 0.829 bits per heavy atom. The highest BCUT2D eigenvalue weighted by molar-refractivity contribution is 6.02. The average Bonchev–Trinajstić information content (AvgIpc) is 0.783. The van der Waals surface area contributed by atoms with Crippen molar-refractivity contribution in [2.24, 2.45) is 0 Å². The maximum Gasteiger partial charge on any atom is 0.121 e. The van der Waals surface area contributed by atoms with Crippen molar-refractivity contribution in [1.82, 2.24) is 0 Å². The third-order valence-corrected chi connectivity index (χ3v) is 21.0. The Morgan fingerprint density at radius 1 is 0.140 bits per heavy atom. The van der Waals surface area contributed by atoms with Gasteiger partial charge >= 0.3 is 0 Å². The Hall–Kier alpha value is -14.4. The van der Waals surface area contributed by atoms with Crippen LogP contribution in [0.2, 0.25) is 0 Å². The maximum atomic E-state index is 5.04. The fourth-order valence-corrected chi connectivity index (χ4v) is 13.2. The molecule has 0 radical (unpaired) electrons. The van der Waals surface area contributed by atoms with Gasteiger partial charge < -0.3 is 14.2 Å². The Labute approximate surface area is 774 Å². The van der Waals surface area contributed by atoms with E-state index in [0.29, 0.717) is 0 Å². The van der Waals surface area contributed by atoms with Gasteiger partial charge in [0.25, 0.3) is 0 Å². The van der Waals surface area contributed by atoms with Crippen molar-refractivity contribution in [2.45, 2.75) is 118 Å². The Balaban J connectivity index is 0.000000192. The van der Waals surface area contributed by atoms with E-state index in [-0.39, 0.29) is 0 Å². The molecule has 19 rings (SSSR count). The van der Waals surface area contributed by atoms with E-state index in [0.717, 1.165) is 17.2 Å². The van der Waals surface area contributed by atoms with Gasteiger partial charge in [0.2, 0.25) is 0 Å². The van der Waals surface area contributed by atoms with E-state index in [2.05, 4.69) is 450 Å². The molecule has 0 unspecified atom stereocenters. The average molecular weight is 1700 g/mol. The van der Waals surface area contributed by atoms with Gasteiger partial charge in [0.15, 0.2) is 0 Å². The Kier molecular flexibility index (Phi) is 45.2. The zero-order chi connectivity index (χ0) is 92.9. The van der Waals surface area contributed by atoms with E-state index < -0.39 is 0 Å². The van der Waals surface area contributed by atoms with Crippen molar-refractivity contribution in [3.63, 3.8) is 0 Å². The van der Waals surface area contributed by atoms with Gasteiger partial charge in [-0.15, -0.1) is 0 Å². The third-order valence-electron chi connectivity index (χ3n) is 21.0. The Bertz CT molecular complexity index is 6140. The highest BCUT2D eigenvalue weighted by atomic mass is 16.5. The lowest BCUT2D eigenvalue weighted by Gasteiger charge is -2.06. The van der Waals surface area contributed by atoms with Crippen LogP contribution < -0.4 is 14.2 Å². The summed E-state index contributed by atoms with van der Waals surface area (Å²) in [6.45, 7) is 35.7. The number of fused-ring (bicyclic) bond motifs is 4. The van der Waals surface area contributed by atoms with Crippen LogP contribution in [0.5, 0.6) is 17.2 Å².